The van der Waals surface area contributed by atoms with Crippen molar-refractivity contribution in [2.24, 2.45) is 5.92 Å². The molecule has 0 aromatic carbocycles. The monoisotopic (exact) mass is 291 g/mol. The summed E-state index contributed by atoms with van der Waals surface area (Å²) in [6.45, 7) is 10.6. The van der Waals surface area contributed by atoms with Crippen LogP contribution in [0.3, 0.4) is 0 Å². The van der Waals surface area contributed by atoms with E-state index in [2.05, 4.69) is 42.6 Å². The number of nitrogens with zero attached hydrogens (tertiary/aromatic N) is 2. The summed E-state index contributed by atoms with van der Waals surface area (Å²) in [5.41, 5.74) is 2.33. The molecule has 118 valence electrons. The molecule has 0 spiro atoms. The van der Waals surface area contributed by atoms with E-state index in [1.807, 2.05) is 6.92 Å². The minimum Gasteiger partial charge on any atom is -0.346 e. The number of aromatic nitrogens is 2. The maximum atomic E-state index is 13.0. The van der Waals surface area contributed by atoms with E-state index in [-0.39, 0.29) is 5.92 Å². The fraction of sp³-hybridized carbons (Fsp3) is 0.765. The van der Waals surface area contributed by atoms with E-state index in [0.29, 0.717) is 18.0 Å². The molecule has 2 rings (SSSR count). The number of amides is 1. The Morgan fingerprint density at radius 2 is 1.95 bits per heavy atom. The fourth-order valence-electron chi connectivity index (χ4n) is 3.31. The lowest BCUT2D eigenvalue weighted by atomic mass is 9.88. The smallest absolute Gasteiger partial charge is 0.226 e. The quantitative estimate of drug-likeness (QED) is 0.905. The van der Waals surface area contributed by atoms with Gasteiger partial charge in [-0.1, -0.05) is 13.8 Å². The highest BCUT2D eigenvalue weighted by molar-refractivity contribution is 5.80. The van der Waals surface area contributed by atoms with Crippen LogP contribution < -0.4 is 0 Å². The molecule has 1 aromatic rings. The Bertz CT molecular complexity index is 484. The zero-order chi connectivity index (χ0) is 15.6. The number of aromatic amines is 1. The number of rotatable bonds is 5. The van der Waals surface area contributed by atoms with Crippen molar-refractivity contribution in [1.82, 2.24) is 14.9 Å². The van der Waals surface area contributed by atoms with Crippen molar-refractivity contribution >= 4 is 5.91 Å². The summed E-state index contributed by atoms with van der Waals surface area (Å²) in [4.78, 5) is 23.0. The van der Waals surface area contributed by atoms with E-state index < -0.39 is 0 Å². The third kappa shape index (κ3) is 3.30. The number of carbonyl (C=O) groups is 1. The molecule has 0 saturated heterocycles. The molecule has 0 aliphatic heterocycles. The van der Waals surface area contributed by atoms with Crippen molar-refractivity contribution in [3.8, 4) is 0 Å². The molecule has 4 nitrogen and oxygen atoms in total. The second-order valence-electron chi connectivity index (χ2n) is 6.45. The number of H-pyrrole nitrogens is 1. The Kier molecular flexibility index (Phi) is 5.07. The van der Waals surface area contributed by atoms with Crippen LogP contribution in [-0.4, -0.2) is 32.9 Å². The summed E-state index contributed by atoms with van der Waals surface area (Å²) < 4.78 is 0. The summed E-state index contributed by atoms with van der Waals surface area (Å²) in [7, 11) is 0. The van der Waals surface area contributed by atoms with Crippen molar-refractivity contribution in [1.29, 1.82) is 0 Å². The van der Waals surface area contributed by atoms with Crippen LogP contribution in [-0.2, 0) is 17.6 Å². The van der Waals surface area contributed by atoms with Gasteiger partial charge in [-0.2, -0.15) is 0 Å². The maximum absolute atomic E-state index is 13.0. The van der Waals surface area contributed by atoms with Crippen molar-refractivity contribution < 1.29 is 4.79 Å². The first kappa shape index (κ1) is 16.1. The van der Waals surface area contributed by atoms with Crippen LogP contribution in [0.4, 0.5) is 0 Å². The largest absolute Gasteiger partial charge is 0.346 e. The van der Waals surface area contributed by atoms with Crippen LogP contribution >= 0.6 is 0 Å². The predicted octanol–water partition coefficient (Wildman–Crippen LogP) is 3.25. The molecule has 1 aliphatic rings. The first-order valence-corrected chi connectivity index (χ1v) is 8.34. The van der Waals surface area contributed by atoms with Gasteiger partial charge in [-0.3, -0.25) is 4.79 Å². The molecule has 0 bridgehead atoms. The van der Waals surface area contributed by atoms with Gasteiger partial charge in [-0.15, -0.1) is 0 Å². The topological polar surface area (TPSA) is 49.0 Å². The zero-order valence-electron chi connectivity index (χ0n) is 14.1. The molecule has 3 unspecified atom stereocenters. The van der Waals surface area contributed by atoms with E-state index in [4.69, 9.17) is 0 Å². The SMILES string of the molecule is CCC(C)N(C(=O)C1CCc2nc(C)[nH]c2C1)C(C)CC. The predicted molar refractivity (Wildman–Crippen MR) is 85.2 cm³/mol. The highest BCUT2D eigenvalue weighted by atomic mass is 16.2. The minimum absolute atomic E-state index is 0.111. The van der Waals surface area contributed by atoms with Crippen LogP contribution in [0.5, 0.6) is 0 Å². The van der Waals surface area contributed by atoms with Crippen LogP contribution in [0, 0.1) is 12.8 Å². The van der Waals surface area contributed by atoms with Gasteiger partial charge in [0.15, 0.2) is 0 Å². The van der Waals surface area contributed by atoms with Crippen molar-refractivity contribution in [3.63, 3.8) is 0 Å². The number of fused-ring (bicyclic) bond motifs is 1. The van der Waals surface area contributed by atoms with Gasteiger partial charge < -0.3 is 9.88 Å². The molecule has 1 aliphatic carbocycles. The average molecular weight is 291 g/mol. The molecule has 3 atom stereocenters. The molecule has 1 amide bonds. The molecular weight excluding hydrogens is 262 g/mol. The second kappa shape index (κ2) is 6.63. The Hall–Kier alpha value is -1.32. The molecular formula is C17H29N3O. The maximum Gasteiger partial charge on any atom is 0.226 e. The number of aryl methyl sites for hydroxylation is 2. The third-order valence-electron chi connectivity index (χ3n) is 4.90. The molecule has 1 aromatic heterocycles. The first-order valence-electron chi connectivity index (χ1n) is 8.34. The minimum atomic E-state index is 0.111. The van der Waals surface area contributed by atoms with Crippen molar-refractivity contribution in [2.45, 2.75) is 78.8 Å². The number of carbonyl (C=O) groups excluding carboxylic acids is 1. The van der Waals surface area contributed by atoms with E-state index >= 15 is 0 Å². The van der Waals surface area contributed by atoms with Gasteiger partial charge in [0.2, 0.25) is 5.91 Å². The second-order valence-corrected chi connectivity index (χ2v) is 6.45. The Morgan fingerprint density at radius 1 is 1.33 bits per heavy atom. The number of imidazole rings is 1. The third-order valence-corrected chi connectivity index (χ3v) is 4.90. The van der Waals surface area contributed by atoms with Crippen molar-refractivity contribution in [3.05, 3.63) is 17.2 Å². The van der Waals surface area contributed by atoms with Crippen LogP contribution in [0.2, 0.25) is 0 Å². The van der Waals surface area contributed by atoms with Crippen LogP contribution in [0.15, 0.2) is 0 Å². The van der Waals surface area contributed by atoms with Gasteiger partial charge in [0.25, 0.3) is 0 Å². The lowest BCUT2D eigenvalue weighted by Crippen LogP contribution is -2.48. The average Bonchev–Trinajstić information content (AvgIpc) is 2.85. The standard InChI is InChI=1S/C17H29N3O/c1-6-11(3)20(12(4)7-2)17(21)14-8-9-15-16(10-14)19-13(5)18-15/h11-12,14H,6-10H2,1-5H3,(H,18,19). The Morgan fingerprint density at radius 3 is 2.52 bits per heavy atom. The summed E-state index contributed by atoms with van der Waals surface area (Å²) >= 11 is 0. The van der Waals surface area contributed by atoms with Crippen LogP contribution in [0.25, 0.3) is 0 Å². The summed E-state index contributed by atoms with van der Waals surface area (Å²) in [6, 6.07) is 0.634. The zero-order valence-corrected chi connectivity index (χ0v) is 14.1. The Balaban J connectivity index is 2.14. The molecule has 21 heavy (non-hydrogen) atoms. The molecule has 4 heteroatoms. The van der Waals surface area contributed by atoms with E-state index in [1.54, 1.807) is 0 Å². The number of hydrogen-bond acceptors (Lipinski definition) is 2. The normalized spacial score (nSPS) is 20.7. The van der Waals surface area contributed by atoms with E-state index in [0.717, 1.165) is 43.6 Å². The van der Waals surface area contributed by atoms with Gasteiger partial charge in [0.05, 0.1) is 5.69 Å². The molecule has 1 N–H and O–H groups in total. The van der Waals surface area contributed by atoms with Crippen LogP contribution in [0.1, 0.15) is 64.2 Å². The Labute approximate surface area is 128 Å². The van der Waals surface area contributed by atoms with Gasteiger partial charge >= 0.3 is 0 Å². The molecule has 0 fully saturated rings. The van der Waals surface area contributed by atoms with Gasteiger partial charge in [-0.05, 0) is 46.5 Å². The van der Waals surface area contributed by atoms with Gasteiger partial charge in [0, 0.05) is 30.1 Å². The van der Waals surface area contributed by atoms with Gasteiger partial charge in [0.1, 0.15) is 5.82 Å². The molecule has 1 heterocycles. The highest BCUT2D eigenvalue weighted by Gasteiger charge is 2.33. The molecule has 0 radical (unpaired) electrons. The summed E-state index contributed by atoms with van der Waals surface area (Å²) in [5.74, 6) is 1.41. The molecule has 0 saturated carbocycles. The summed E-state index contributed by atoms with van der Waals surface area (Å²) in [5, 5.41) is 0. The summed E-state index contributed by atoms with van der Waals surface area (Å²) in [6.07, 6.45) is 4.69. The highest BCUT2D eigenvalue weighted by Crippen LogP contribution is 2.27. The number of nitrogens with one attached hydrogen (secondary N) is 1. The van der Waals surface area contributed by atoms with Gasteiger partial charge in [-0.25, -0.2) is 4.98 Å². The fourth-order valence-corrected chi connectivity index (χ4v) is 3.31. The number of hydrogen-bond donors (Lipinski definition) is 1. The van der Waals surface area contributed by atoms with Crippen molar-refractivity contribution in [2.75, 3.05) is 0 Å². The first-order chi connectivity index (χ1) is 9.97. The van der Waals surface area contributed by atoms with E-state index in [1.165, 1.54) is 5.69 Å². The lowest BCUT2D eigenvalue weighted by molar-refractivity contribution is -0.140. The lowest BCUT2D eigenvalue weighted by Gasteiger charge is -2.37. The van der Waals surface area contributed by atoms with E-state index in [9.17, 15) is 4.79 Å².